The largest absolute Gasteiger partial charge is 0.478 e. The van der Waals surface area contributed by atoms with Gasteiger partial charge in [0.05, 0.1) is 6.61 Å². The monoisotopic (exact) mass is 255 g/mol. The van der Waals surface area contributed by atoms with Gasteiger partial charge in [-0.05, 0) is 38.9 Å². The molecule has 0 spiro atoms. The van der Waals surface area contributed by atoms with Crippen molar-refractivity contribution in [3.63, 3.8) is 0 Å². The van der Waals surface area contributed by atoms with Gasteiger partial charge in [-0.1, -0.05) is 11.6 Å². The standard InChI is InChI=1S/C12H18ClN3O/c1-16-5-2-3-10(16)4-6-17-12-8-9(14)7-11(13)15-12/h7-8,10H,2-6H2,1H3,(H2,14,15). The minimum Gasteiger partial charge on any atom is -0.478 e. The Morgan fingerprint density at radius 1 is 1.59 bits per heavy atom. The van der Waals surface area contributed by atoms with Gasteiger partial charge in [0.25, 0.3) is 0 Å². The van der Waals surface area contributed by atoms with Crippen LogP contribution in [0, 0.1) is 0 Å². The fraction of sp³-hybridized carbons (Fsp3) is 0.583. The van der Waals surface area contributed by atoms with Crippen LogP contribution in [-0.4, -0.2) is 36.1 Å². The van der Waals surface area contributed by atoms with E-state index in [0.29, 0.717) is 29.4 Å². The van der Waals surface area contributed by atoms with Crippen LogP contribution in [0.5, 0.6) is 5.88 Å². The number of hydrogen-bond donors (Lipinski definition) is 1. The molecule has 1 fully saturated rings. The number of nitrogen functional groups attached to an aromatic ring is 1. The van der Waals surface area contributed by atoms with Crippen LogP contribution >= 0.6 is 11.6 Å². The smallest absolute Gasteiger partial charge is 0.216 e. The van der Waals surface area contributed by atoms with Crippen molar-refractivity contribution >= 4 is 17.3 Å². The number of anilines is 1. The minimum absolute atomic E-state index is 0.373. The van der Waals surface area contributed by atoms with Crippen molar-refractivity contribution < 1.29 is 4.74 Å². The van der Waals surface area contributed by atoms with Crippen LogP contribution in [0.4, 0.5) is 5.69 Å². The van der Waals surface area contributed by atoms with E-state index in [4.69, 9.17) is 22.1 Å². The van der Waals surface area contributed by atoms with Gasteiger partial charge in [-0.25, -0.2) is 4.98 Å². The van der Waals surface area contributed by atoms with Crippen molar-refractivity contribution in [2.45, 2.75) is 25.3 Å². The number of rotatable bonds is 4. The molecule has 4 nitrogen and oxygen atoms in total. The van der Waals surface area contributed by atoms with E-state index in [1.165, 1.54) is 19.4 Å². The average molecular weight is 256 g/mol. The molecule has 2 heterocycles. The van der Waals surface area contributed by atoms with Gasteiger partial charge in [0.2, 0.25) is 5.88 Å². The van der Waals surface area contributed by atoms with Crippen molar-refractivity contribution in [3.8, 4) is 5.88 Å². The zero-order valence-electron chi connectivity index (χ0n) is 10.0. The quantitative estimate of drug-likeness (QED) is 0.838. The van der Waals surface area contributed by atoms with E-state index in [2.05, 4.69) is 16.9 Å². The summed E-state index contributed by atoms with van der Waals surface area (Å²) in [5.74, 6) is 0.510. The Morgan fingerprint density at radius 2 is 2.41 bits per heavy atom. The summed E-state index contributed by atoms with van der Waals surface area (Å²) in [6.07, 6.45) is 3.55. The molecule has 1 unspecified atom stereocenters. The molecule has 1 aromatic heterocycles. The number of ether oxygens (including phenoxy) is 1. The molecule has 1 atom stereocenters. The average Bonchev–Trinajstić information content (AvgIpc) is 2.63. The van der Waals surface area contributed by atoms with Crippen LogP contribution in [-0.2, 0) is 0 Å². The normalized spacial score (nSPS) is 20.7. The first-order chi connectivity index (χ1) is 8.15. The van der Waals surface area contributed by atoms with E-state index < -0.39 is 0 Å². The fourth-order valence-electron chi connectivity index (χ4n) is 2.21. The van der Waals surface area contributed by atoms with Gasteiger partial charge < -0.3 is 15.4 Å². The molecule has 0 amide bonds. The Labute approximate surface area is 107 Å². The van der Waals surface area contributed by atoms with Crippen LogP contribution < -0.4 is 10.5 Å². The molecule has 1 aliphatic rings. The van der Waals surface area contributed by atoms with E-state index in [0.717, 1.165) is 6.42 Å². The maximum atomic E-state index is 5.80. The first kappa shape index (κ1) is 12.5. The molecule has 17 heavy (non-hydrogen) atoms. The second kappa shape index (κ2) is 5.56. The highest BCUT2D eigenvalue weighted by atomic mass is 35.5. The van der Waals surface area contributed by atoms with Gasteiger partial charge in [0.15, 0.2) is 0 Å². The summed E-state index contributed by atoms with van der Waals surface area (Å²) in [5.41, 5.74) is 6.24. The third kappa shape index (κ3) is 3.48. The number of halogens is 1. The molecule has 1 saturated heterocycles. The van der Waals surface area contributed by atoms with Gasteiger partial charge in [0, 0.05) is 17.8 Å². The number of likely N-dealkylation sites (tertiary alicyclic amines) is 1. The second-order valence-corrected chi connectivity index (χ2v) is 4.86. The first-order valence-electron chi connectivity index (χ1n) is 5.91. The van der Waals surface area contributed by atoms with Crippen molar-refractivity contribution in [1.29, 1.82) is 0 Å². The van der Waals surface area contributed by atoms with E-state index in [9.17, 15) is 0 Å². The predicted octanol–water partition coefficient (Wildman–Crippen LogP) is 2.18. The Balaban J connectivity index is 1.81. The summed E-state index contributed by atoms with van der Waals surface area (Å²) in [6.45, 7) is 1.84. The van der Waals surface area contributed by atoms with E-state index in [1.54, 1.807) is 12.1 Å². The summed E-state index contributed by atoms with van der Waals surface area (Å²) >= 11 is 5.80. The molecule has 2 rings (SSSR count). The number of nitrogens with zero attached hydrogens (tertiary/aromatic N) is 2. The molecule has 5 heteroatoms. The van der Waals surface area contributed by atoms with Crippen LogP contribution in [0.1, 0.15) is 19.3 Å². The van der Waals surface area contributed by atoms with Gasteiger partial charge in [0.1, 0.15) is 5.15 Å². The Bertz CT molecular complexity index is 366. The summed E-state index contributed by atoms with van der Waals surface area (Å²) in [7, 11) is 2.16. The molecule has 0 aromatic carbocycles. The highest BCUT2D eigenvalue weighted by Crippen LogP contribution is 2.20. The van der Waals surface area contributed by atoms with Crippen LogP contribution in [0.25, 0.3) is 0 Å². The minimum atomic E-state index is 0.373. The molecule has 2 N–H and O–H groups in total. The molecule has 0 aliphatic carbocycles. The molecule has 94 valence electrons. The Morgan fingerprint density at radius 3 is 3.06 bits per heavy atom. The van der Waals surface area contributed by atoms with Gasteiger partial charge >= 0.3 is 0 Å². The SMILES string of the molecule is CN1CCCC1CCOc1cc(N)cc(Cl)n1. The zero-order chi connectivity index (χ0) is 12.3. The maximum Gasteiger partial charge on any atom is 0.216 e. The van der Waals surface area contributed by atoms with Gasteiger partial charge in [-0.2, -0.15) is 0 Å². The van der Waals surface area contributed by atoms with Gasteiger partial charge in [-0.15, -0.1) is 0 Å². The second-order valence-electron chi connectivity index (χ2n) is 4.48. The molecule has 0 bridgehead atoms. The molecule has 0 saturated carbocycles. The summed E-state index contributed by atoms with van der Waals surface area (Å²) in [4.78, 5) is 6.44. The van der Waals surface area contributed by atoms with Crippen molar-refractivity contribution in [3.05, 3.63) is 17.3 Å². The van der Waals surface area contributed by atoms with E-state index in [-0.39, 0.29) is 0 Å². The first-order valence-corrected chi connectivity index (χ1v) is 6.29. The van der Waals surface area contributed by atoms with Crippen molar-refractivity contribution in [2.75, 3.05) is 25.9 Å². The lowest BCUT2D eigenvalue weighted by atomic mass is 10.1. The highest BCUT2D eigenvalue weighted by molar-refractivity contribution is 6.29. The molecule has 1 aliphatic heterocycles. The number of pyridine rings is 1. The molecular weight excluding hydrogens is 238 g/mol. The third-order valence-electron chi connectivity index (χ3n) is 3.17. The van der Waals surface area contributed by atoms with Crippen LogP contribution in [0.3, 0.4) is 0 Å². The van der Waals surface area contributed by atoms with Crippen molar-refractivity contribution in [2.24, 2.45) is 0 Å². The highest BCUT2D eigenvalue weighted by Gasteiger charge is 2.20. The maximum absolute atomic E-state index is 5.80. The lowest BCUT2D eigenvalue weighted by Crippen LogP contribution is -2.26. The molecular formula is C12H18ClN3O. The summed E-state index contributed by atoms with van der Waals surface area (Å²) in [5, 5.41) is 0.373. The fourth-order valence-corrected chi connectivity index (χ4v) is 2.42. The summed E-state index contributed by atoms with van der Waals surface area (Å²) in [6, 6.07) is 3.94. The lowest BCUT2D eigenvalue weighted by Gasteiger charge is -2.19. The Hall–Kier alpha value is -1.00. The van der Waals surface area contributed by atoms with E-state index in [1.807, 2.05) is 0 Å². The predicted molar refractivity (Wildman–Crippen MR) is 69.4 cm³/mol. The summed E-state index contributed by atoms with van der Waals surface area (Å²) < 4.78 is 5.58. The molecule has 1 aromatic rings. The molecule has 0 radical (unpaired) electrons. The Kier molecular flexibility index (Phi) is 4.07. The number of hydrogen-bond acceptors (Lipinski definition) is 4. The third-order valence-corrected chi connectivity index (χ3v) is 3.36. The topological polar surface area (TPSA) is 51.4 Å². The number of aromatic nitrogens is 1. The zero-order valence-corrected chi connectivity index (χ0v) is 10.8. The van der Waals surface area contributed by atoms with Gasteiger partial charge in [-0.3, -0.25) is 0 Å². The van der Waals surface area contributed by atoms with Crippen molar-refractivity contribution in [1.82, 2.24) is 9.88 Å². The van der Waals surface area contributed by atoms with Crippen LogP contribution in [0.15, 0.2) is 12.1 Å². The van der Waals surface area contributed by atoms with E-state index >= 15 is 0 Å². The number of nitrogens with two attached hydrogens (primary N) is 1. The lowest BCUT2D eigenvalue weighted by molar-refractivity contribution is 0.228. The van der Waals surface area contributed by atoms with Crippen LogP contribution in [0.2, 0.25) is 5.15 Å².